The number of nitrogens with zero attached hydrogens (tertiary/aromatic N) is 1. The summed E-state index contributed by atoms with van der Waals surface area (Å²) in [4.78, 5) is 1.94. The van der Waals surface area contributed by atoms with E-state index in [1.165, 1.54) is 35.3 Å². The van der Waals surface area contributed by atoms with Gasteiger partial charge in [-0.05, 0) is 67.2 Å². The Bertz CT molecular complexity index is 564. The summed E-state index contributed by atoms with van der Waals surface area (Å²) in [5.74, 6) is -0.227. The van der Waals surface area contributed by atoms with Crippen molar-refractivity contribution in [3.05, 3.63) is 78.4 Å². The fourth-order valence-electron chi connectivity index (χ4n) is 2.50. The van der Waals surface area contributed by atoms with Crippen molar-refractivity contribution in [1.29, 1.82) is 0 Å². The molecule has 1 fully saturated rings. The fraction of sp³-hybridized carbons (Fsp3) is 0.222. The van der Waals surface area contributed by atoms with Gasteiger partial charge in [0.05, 0.1) is 0 Å². The molecule has 0 bridgehead atoms. The van der Waals surface area contributed by atoms with Crippen LogP contribution in [-0.4, -0.2) is 0 Å². The molecule has 1 aromatic carbocycles. The molecule has 1 aromatic rings. The molecule has 2 heteroatoms. The second-order valence-electron chi connectivity index (χ2n) is 4.94. The lowest BCUT2D eigenvalue weighted by Crippen LogP contribution is -2.07. The van der Waals surface area contributed by atoms with Crippen molar-refractivity contribution in [1.82, 2.24) is 0 Å². The highest BCUT2D eigenvalue weighted by atomic mass is 19.1. The SMILES string of the molecule is C=C/C(C)=C1\CCC\C1=C\N(C=C)c1ccc(F)cc1. The van der Waals surface area contributed by atoms with E-state index in [9.17, 15) is 4.39 Å². The third kappa shape index (κ3) is 3.08. The van der Waals surface area contributed by atoms with Crippen molar-refractivity contribution in [3.8, 4) is 0 Å². The number of benzene rings is 1. The van der Waals surface area contributed by atoms with Crippen LogP contribution in [0.1, 0.15) is 26.2 Å². The van der Waals surface area contributed by atoms with Gasteiger partial charge in [0.15, 0.2) is 0 Å². The van der Waals surface area contributed by atoms with Crippen LogP contribution in [0.5, 0.6) is 0 Å². The quantitative estimate of drug-likeness (QED) is 0.712. The summed E-state index contributed by atoms with van der Waals surface area (Å²) < 4.78 is 13.0. The third-order valence-corrected chi connectivity index (χ3v) is 3.66. The first kappa shape index (κ1) is 14.3. The van der Waals surface area contributed by atoms with Crippen molar-refractivity contribution < 1.29 is 4.39 Å². The van der Waals surface area contributed by atoms with Crippen LogP contribution in [0.25, 0.3) is 0 Å². The Morgan fingerprint density at radius 2 is 1.90 bits per heavy atom. The van der Waals surface area contributed by atoms with E-state index >= 15 is 0 Å². The summed E-state index contributed by atoms with van der Waals surface area (Å²) in [5.41, 5.74) is 4.83. The second-order valence-corrected chi connectivity index (χ2v) is 4.94. The highest BCUT2D eigenvalue weighted by molar-refractivity contribution is 5.55. The number of allylic oxidation sites excluding steroid dienone is 4. The second kappa shape index (κ2) is 6.38. The maximum absolute atomic E-state index is 13.0. The number of halogens is 1. The average Bonchev–Trinajstić information content (AvgIpc) is 2.93. The van der Waals surface area contributed by atoms with Gasteiger partial charge in [0.2, 0.25) is 0 Å². The van der Waals surface area contributed by atoms with Gasteiger partial charge in [-0.3, -0.25) is 0 Å². The zero-order valence-electron chi connectivity index (χ0n) is 11.9. The summed E-state index contributed by atoms with van der Waals surface area (Å²) in [5, 5.41) is 0. The zero-order valence-corrected chi connectivity index (χ0v) is 11.9. The molecule has 0 aliphatic heterocycles. The van der Waals surface area contributed by atoms with Gasteiger partial charge in [-0.25, -0.2) is 4.39 Å². The minimum Gasteiger partial charge on any atom is -0.324 e. The minimum atomic E-state index is -0.227. The smallest absolute Gasteiger partial charge is 0.123 e. The van der Waals surface area contributed by atoms with Gasteiger partial charge in [0, 0.05) is 18.1 Å². The minimum absolute atomic E-state index is 0.227. The van der Waals surface area contributed by atoms with Crippen molar-refractivity contribution >= 4 is 5.69 Å². The van der Waals surface area contributed by atoms with Crippen LogP contribution in [0.3, 0.4) is 0 Å². The van der Waals surface area contributed by atoms with E-state index in [2.05, 4.69) is 26.3 Å². The number of rotatable bonds is 4. The van der Waals surface area contributed by atoms with E-state index in [1.54, 1.807) is 18.3 Å². The van der Waals surface area contributed by atoms with Gasteiger partial charge in [-0.15, -0.1) is 0 Å². The largest absolute Gasteiger partial charge is 0.324 e. The zero-order chi connectivity index (χ0) is 14.5. The molecular weight excluding hydrogens is 249 g/mol. The average molecular weight is 269 g/mol. The van der Waals surface area contributed by atoms with Crippen LogP contribution in [-0.2, 0) is 0 Å². The Labute approximate surface area is 120 Å². The fourth-order valence-corrected chi connectivity index (χ4v) is 2.50. The van der Waals surface area contributed by atoms with Crippen molar-refractivity contribution in [2.45, 2.75) is 26.2 Å². The molecular formula is C18H20FN. The highest BCUT2D eigenvalue weighted by Gasteiger charge is 2.16. The standard InChI is InChI=1S/C18H20FN/c1-4-14(3)18-8-6-7-15(18)13-20(5-2)17-11-9-16(19)10-12-17/h4-5,9-13H,1-2,6-8H2,3H3/b15-13-,18-14+. The predicted octanol–water partition coefficient (Wildman–Crippen LogP) is 5.35. The van der Waals surface area contributed by atoms with Gasteiger partial charge in [0.1, 0.15) is 5.82 Å². The van der Waals surface area contributed by atoms with E-state index in [0.717, 1.165) is 18.5 Å². The lowest BCUT2D eigenvalue weighted by Gasteiger charge is -2.17. The summed E-state index contributed by atoms with van der Waals surface area (Å²) in [6, 6.07) is 6.44. The molecule has 2 rings (SSSR count). The van der Waals surface area contributed by atoms with E-state index in [-0.39, 0.29) is 5.82 Å². The Morgan fingerprint density at radius 3 is 2.50 bits per heavy atom. The first-order chi connectivity index (χ1) is 9.65. The molecule has 20 heavy (non-hydrogen) atoms. The highest BCUT2D eigenvalue weighted by Crippen LogP contribution is 2.34. The van der Waals surface area contributed by atoms with Gasteiger partial charge in [-0.2, -0.15) is 0 Å². The summed E-state index contributed by atoms with van der Waals surface area (Å²) >= 11 is 0. The first-order valence-corrected chi connectivity index (χ1v) is 6.85. The maximum Gasteiger partial charge on any atom is 0.123 e. The number of anilines is 1. The van der Waals surface area contributed by atoms with E-state index in [1.807, 2.05) is 11.0 Å². The van der Waals surface area contributed by atoms with Gasteiger partial charge in [0.25, 0.3) is 0 Å². The predicted molar refractivity (Wildman–Crippen MR) is 83.9 cm³/mol. The molecule has 0 atom stereocenters. The van der Waals surface area contributed by atoms with Crippen LogP contribution in [0.2, 0.25) is 0 Å². The molecule has 1 nitrogen and oxygen atoms in total. The van der Waals surface area contributed by atoms with Gasteiger partial charge < -0.3 is 4.90 Å². The van der Waals surface area contributed by atoms with Crippen LogP contribution in [0.15, 0.2) is 72.6 Å². The Morgan fingerprint density at radius 1 is 1.20 bits per heavy atom. The Balaban J connectivity index is 2.33. The molecule has 0 unspecified atom stereocenters. The van der Waals surface area contributed by atoms with E-state index in [4.69, 9.17) is 0 Å². The molecule has 1 saturated carbocycles. The third-order valence-electron chi connectivity index (χ3n) is 3.66. The summed E-state index contributed by atoms with van der Waals surface area (Å²) in [6.45, 7) is 9.78. The molecule has 1 aliphatic carbocycles. The summed E-state index contributed by atoms with van der Waals surface area (Å²) in [7, 11) is 0. The lowest BCUT2D eigenvalue weighted by molar-refractivity contribution is 0.628. The van der Waals surface area contributed by atoms with E-state index in [0.29, 0.717) is 0 Å². The topological polar surface area (TPSA) is 3.24 Å². The molecule has 0 aromatic heterocycles. The van der Waals surface area contributed by atoms with Crippen molar-refractivity contribution in [3.63, 3.8) is 0 Å². The summed E-state index contributed by atoms with van der Waals surface area (Å²) in [6.07, 6.45) is 9.07. The molecule has 104 valence electrons. The monoisotopic (exact) mass is 269 g/mol. The molecule has 0 spiro atoms. The normalized spacial score (nSPS) is 19.0. The first-order valence-electron chi connectivity index (χ1n) is 6.85. The lowest BCUT2D eigenvalue weighted by atomic mass is 10.0. The van der Waals surface area contributed by atoms with Crippen molar-refractivity contribution in [2.24, 2.45) is 0 Å². The molecule has 0 N–H and O–H groups in total. The molecule has 0 amide bonds. The molecule has 0 heterocycles. The Hall–Kier alpha value is -2.09. The van der Waals surface area contributed by atoms with Crippen LogP contribution >= 0.6 is 0 Å². The molecule has 0 radical (unpaired) electrons. The number of hydrogen-bond donors (Lipinski definition) is 0. The molecule has 0 saturated heterocycles. The van der Waals surface area contributed by atoms with Gasteiger partial charge in [-0.1, -0.05) is 19.2 Å². The van der Waals surface area contributed by atoms with Crippen LogP contribution < -0.4 is 4.90 Å². The van der Waals surface area contributed by atoms with Gasteiger partial charge >= 0.3 is 0 Å². The van der Waals surface area contributed by atoms with Crippen LogP contribution in [0, 0.1) is 5.82 Å². The maximum atomic E-state index is 13.0. The molecule has 1 aliphatic rings. The van der Waals surface area contributed by atoms with Crippen LogP contribution in [0.4, 0.5) is 10.1 Å². The number of hydrogen-bond acceptors (Lipinski definition) is 1. The Kier molecular flexibility index (Phi) is 4.57. The van der Waals surface area contributed by atoms with Crippen molar-refractivity contribution in [2.75, 3.05) is 4.90 Å². The van der Waals surface area contributed by atoms with E-state index < -0.39 is 0 Å².